The van der Waals surface area contributed by atoms with E-state index in [9.17, 15) is 4.39 Å². The van der Waals surface area contributed by atoms with Crippen LogP contribution in [0.25, 0.3) is 11.0 Å². The Morgan fingerprint density at radius 2 is 1.95 bits per heavy atom. The van der Waals surface area contributed by atoms with Crippen LogP contribution in [0.4, 0.5) is 4.39 Å². The summed E-state index contributed by atoms with van der Waals surface area (Å²) in [6, 6.07) is 5.75. The number of pyridine rings is 1. The number of fused-ring (bicyclic) bond motifs is 1. The number of nitrogens with zero attached hydrogens (tertiary/aromatic N) is 1. The molecule has 2 N–H and O–H groups in total. The molecule has 3 nitrogen and oxygen atoms in total. The van der Waals surface area contributed by atoms with Gasteiger partial charge >= 0.3 is 0 Å². The minimum Gasteiger partial charge on any atom is -0.457 e. The van der Waals surface area contributed by atoms with Gasteiger partial charge in [0.2, 0.25) is 0 Å². The molecule has 0 aliphatic carbocycles. The van der Waals surface area contributed by atoms with E-state index < -0.39 is 11.9 Å². The first kappa shape index (κ1) is 13.4. The van der Waals surface area contributed by atoms with Gasteiger partial charge in [0.15, 0.2) is 5.58 Å². The average molecular weight is 311 g/mol. The number of aromatic nitrogens is 1. The quantitative estimate of drug-likeness (QED) is 0.766. The molecule has 0 spiro atoms. The van der Waals surface area contributed by atoms with Crippen molar-refractivity contribution in [1.82, 2.24) is 4.98 Å². The molecular formula is C14H9Cl2FN2O. The van der Waals surface area contributed by atoms with Crippen molar-refractivity contribution in [3.63, 3.8) is 0 Å². The van der Waals surface area contributed by atoms with Crippen LogP contribution in [0, 0.1) is 5.82 Å². The molecule has 0 saturated carbocycles. The van der Waals surface area contributed by atoms with E-state index in [1.54, 1.807) is 18.2 Å². The third kappa shape index (κ3) is 2.38. The Kier molecular flexibility index (Phi) is 3.38. The van der Waals surface area contributed by atoms with Crippen LogP contribution in [0.3, 0.4) is 0 Å². The van der Waals surface area contributed by atoms with Gasteiger partial charge in [-0.15, -0.1) is 0 Å². The number of furan rings is 1. The zero-order chi connectivity index (χ0) is 14.3. The lowest BCUT2D eigenvalue weighted by molar-refractivity contribution is 0.522. The summed E-state index contributed by atoms with van der Waals surface area (Å²) >= 11 is 12.0. The van der Waals surface area contributed by atoms with Crippen LogP contribution in [-0.2, 0) is 0 Å². The maximum absolute atomic E-state index is 13.2. The standard InChI is InChI=1S/C14H9Cl2FN2O/c15-9-1-7-3-12(20-14(7)11(16)4-9)13(18)8-2-10(17)6-19-5-8/h1-6,13H,18H2. The third-order valence-electron chi connectivity index (χ3n) is 2.95. The smallest absolute Gasteiger partial charge is 0.153 e. The van der Waals surface area contributed by atoms with Crippen molar-refractivity contribution in [2.24, 2.45) is 5.73 Å². The van der Waals surface area contributed by atoms with E-state index in [1.807, 2.05) is 0 Å². The molecule has 3 rings (SSSR count). The summed E-state index contributed by atoms with van der Waals surface area (Å²) < 4.78 is 18.8. The lowest BCUT2D eigenvalue weighted by Crippen LogP contribution is -2.11. The number of hydrogen-bond acceptors (Lipinski definition) is 3. The molecule has 0 fully saturated rings. The van der Waals surface area contributed by atoms with Gasteiger partial charge in [-0.3, -0.25) is 4.98 Å². The Hall–Kier alpha value is -1.62. The first-order chi connectivity index (χ1) is 9.54. The molecule has 2 aromatic heterocycles. The largest absolute Gasteiger partial charge is 0.457 e. The van der Waals surface area contributed by atoms with E-state index >= 15 is 0 Å². The van der Waals surface area contributed by atoms with Crippen LogP contribution in [0.1, 0.15) is 17.4 Å². The molecule has 1 aromatic carbocycles. The molecule has 1 atom stereocenters. The molecule has 0 amide bonds. The van der Waals surface area contributed by atoms with Crippen LogP contribution in [0.15, 0.2) is 41.1 Å². The topological polar surface area (TPSA) is 52.0 Å². The van der Waals surface area contributed by atoms with Gasteiger partial charge in [0.1, 0.15) is 11.6 Å². The van der Waals surface area contributed by atoms with Crippen molar-refractivity contribution >= 4 is 34.2 Å². The lowest BCUT2D eigenvalue weighted by Gasteiger charge is -2.08. The van der Waals surface area contributed by atoms with Gasteiger partial charge in [0.05, 0.1) is 17.3 Å². The molecule has 0 bridgehead atoms. The molecule has 6 heteroatoms. The summed E-state index contributed by atoms with van der Waals surface area (Å²) in [4.78, 5) is 3.77. The molecule has 3 aromatic rings. The maximum atomic E-state index is 13.2. The van der Waals surface area contributed by atoms with Crippen LogP contribution in [-0.4, -0.2) is 4.98 Å². The number of halogens is 3. The summed E-state index contributed by atoms with van der Waals surface area (Å²) in [5.41, 5.74) is 7.09. The fourth-order valence-electron chi connectivity index (χ4n) is 2.01. The Balaban J connectivity index is 2.08. The minimum absolute atomic E-state index is 0.406. The highest BCUT2D eigenvalue weighted by atomic mass is 35.5. The summed E-state index contributed by atoms with van der Waals surface area (Å²) in [7, 11) is 0. The molecule has 2 heterocycles. The van der Waals surface area contributed by atoms with Gasteiger partial charge in [-0.2, -0.15) is 0 Å². The van der Waals surface area contributed by atoms with E-state index in [-0.39, 0.29) is 0 Å². The Labute approximate surface area is 124 Å². The first-order valence-corrected chi connectivity index (χ1v) is 6.54. The van der Waals surface area contributed by atoms with Crippen molar-refractivity contribution in [1.29, 1.82) is 0 Å². The predicted octanol–water partition coefficient (Wildman–Crippen LogP) is 4.32. The fourth-order valence-corrected chi connectivity index (χ4v) is 2.56. The van der Waals surface area contributed by atoms with Crippen molar-refractivity contribution in [2.75, 3.05) is 0 Å². The molecule has 1 unspecified atom stereocenters. The number of rotatable bonds is 2. The molecule has 0 radical (unpaired) electrons. The molecule has 0 aliphatic rings. The van der Waals surface area contributed by atoms with Crippen molar-refractivity contribution in [3.05, 3.63) is 63.8 Å². The van der Waals surface area contributed by atoms with Crippen LogP contribution < -0.4 is 5.73 Å². The van der Waals surface area contributed by atoms with Gasteiger partial charge in [-0.1, -0.05) is 23.2 Å². The second-order valence-electron chi connectivity index (χ2n) is 4.37. The normalized spacial score (nSPS) is 12.8. The SMILES string of the molecule is NC(c1cncc(F)c1)c1cc2cc(Cl)cc(Cl)c2o1. The fraction of sp³-hybridized carbons (Fsp3) is 0.0714. The predicted molar refractivity (Wildman–Crippen MR) is 76.5 cm³/mol. The Morgan fingerprint density at radius 3 is 2.70 bits per heavy atom. The Bertz CT molecular complexity index is 788. The summed E-state index contributed by atoms with van der Waals surface area (Å²) in [5, 5.41) is 1.66. The molecule has 20 heavy (non-hydrogen) atoms. The highest BCUT2D eigenvalue weighted by Crippen LogP contribution is 2.33. The number of benzene rings is 1. The second-order valence-corrected chi connectivity index (χ2v) is 5.21. The van der Waals surface area contributed by atoms with E-state index in [1.165, 1.54) is 12.3 Å². The van der Waals surface area contributed by atoms with Crippen molar-refractivity contribution in [2.45, 2.75) is 6.04 Å². The summed E-state index contributed by atoms with van der Waals surface area (Å²) in [6.45, 7) is 0. The number of hydrogen-bond donors (Lipinski definition) is 1. The van der Waals surface area contributed by atoms with Gasteiger partial charge < -0.3 is 10.2 Å². The highest BCUT2D eigenvalue weighted by Gasteiger charge is 2.17. The molecule has 102 valence electrons. The summed E-state index contributed by atoms with van der Waals surface area (Å²) in [6.07, 6.45) is 2.61. The number of nitrogens with two attached hydrogens (primary N) is 1. The van der Waals surface area contributed by atoms with Crippen LogP contribution in [0.2, 0.25) is 10.0 Å². The van der Waals surface area contributed by atoms with Crippen LogP contribution in [0.5, 0.6) is 0 Å². The van der Waals surface area contributed by atoms with Crippen molar-refractivity contribution in [3.8, 4) is 0 Å². The van der Waals surface area contributed by atoms with E-state index in [0.717, 1.165) is 11.6 Å². The molecular weight excluding hydrogens is 302 g/mol. The van der Waals surface area contributed by atoms with E-state index in [4.69, 9.17) is 33.4 Å². The van der Waals surface area contributed by atoms with Gasteiger partial charge in [0, 0.05) is 16.6 Å². The lowest BCUT2D eigenvalue weighted by atomic mass is 10.1. The van der Waals surface area contributed by atoms with Crippen LogP contribution >= 0.6 is 23.2 Å². The van der Waals surface area contributed by atoms with Gasteiger partial charge in [0.25, 0.3) is 0 Å². The summed E-state index contributed by atoms with van der Waals surface area (Å²) in [5.74, 6) is 0.0201. The second kappa shape index (κ2) is 5.05. The zero-order valence-electron chi connectivity index (χ0n) is 10.1. The minimum atomic E-state index is -0.625. The van der Waals surface area contributed by atoms with Gasteiger partial charge in [-0.05, 0) is 29.8 Å². The van der Waals surface area contributed by atoms with Gasteiger partial charge in [-0.25, -0.2) is 4.39 Å². The first-order valence-electron chi connectivity index (χ1n) is 5.79. The molecule has 0 aliphatic heterocycles. The maximum Gasteiger partial charge on any atom is 0.153 e. The average Bonchev–Trinajstić information content (AvgIpc) is 2.82. The molecule has 0 saturated heterocycles. The zero-order valence-corrected chi connectivity index (χ0v) is 11.6. The Morgan fingerprint density at radius 1 is 1.15 bits per heavy atom. The highest BCUT2D eigenvalue weighted by molar-refractivity contribution is 6.38. The van der Waals surface area contributed by atoms with Crippen molar-refractivity contribution < 1.29 is 8.81 Å². The monoisotopic (exact) mass is 310 g/mol. The van der Waals surface area contributed by atoms with E-state index in [2.05, 4.69) is 4.98 Å². The van der Waals surface area contributed by atoms with E-state index in [0.29, 0.717) is 27.0 Å². The third-order valence-corrected chi connectivity index (χ3v) is 3.45.